The zero-order valence-corrected chi connectivity index (χ0v) is 13.0. The maximum absolute atomic E-state index is 9.42. The van der Waals surface area contributed by atoms with Crippen LogP contribution >= 0.6 is 0 Å². The van der Waals surface area contributed by atoms with E-state index in [4.69, 9.17) is 0 Å². The molecule has 0 bridgehead atoms. The summed E-state index contributed by atoms with van der Waals surface area (Å²) in [4.78, 5) is 5.19. The Balaban J connectivity index is 1.98. The van der Waals surface area contributed by atoms with E-state index < -0.39 is 0 Å². The molecule has 1 heterocycles. The van der Waals surface area contributed by atoms with Gasteiger partial charge in [0.15, 0.2) is 0 Å². The van der Waals surface area contributed by atoms with Crippen molar-refractivity contribution in [1.29, 1.82) is 0 Å². The molecule has 1 aromatic rings. The molecule has 1 aromatic carbocycles. The minimum absolute atomic E-state index is 0.352. The SMILES string of the molecule is CCC(C)N1CCN(C(CC)c2ccc(O)cc2)CC1. The summed E-state index contributed by atoms with van der Waals surface area (Å²) >= 11 is 0. The third-order valence-electron chi connectivity index (χ3n) is 4.67. The van der Waals surface area contributed by atoms with Gasteiger partial charge in [-0.15, -0.1) is 0 Å². The number of benzene rings is 1. The molecule has 2 atom stereocenters. The van der Waals surface area contributed by atoms with Crippen LogP contribution < -0.4 is 0 Å². The third kappa shape index (κ3) is 3.53. The van der Waals surface area contributed by atoms with E-state index in [9.17, 15) is 5.11 Å². The lowest BCUT2D eigenvalue weighted by Crippen LogP contribution is -2.50. The molecular formula is C17H28N2O. The van der Waals surface area contributed by atoms with Gasteiger partial charge in [-0.05, 0) is 37.5 Å². The average Bonchev–Trinajstić information content (AvgIpc) is 2.50. The molecule has 2 rings (SSSR count). The van der Waals surface area contributed by atoms with Crippen molar-refractivity contribution >= 4 is 0 Å². The lowest BCUT2D eigenvalue weighted by molar-refractivity contribution is 0.0707. The predicted molar refractivity (Wildman–Crippen MR) is 84.0 cm³/mol. The number of phenols is 1. The highest BCUT2D eigenvalue weighted by Crippen LogP contribution is 2.27. The molecule has 0 saturated carbocycles. The second-order valence-corrected chi connectivity index (χ2v) is 5.84. The van der Waals surface area contributed by atoms with Crippen molar-refractivity contribution in [2.24, 2.45) is 0 Å². The highest BCUT2D eigenvalue weighted by Gasteiger charge is 2.25. The van der Waals surface area contributed by atoms with Gasteiger partial charge in [0.25, 0.3) is 0 Å². The number of hydrogen-bond acceptors (Lipinski definition) is 3. The Morgan fingerprint density at radius 3 is 2.00 bits per heavy atom. The summed E-state index contributed by atoms with van der Waals surface area (Å²) in [6.45, 7) is 11.5. The first-order valence-corrected chi connectivity index (χ1v) is 7.92. The largest absolute Gasteiger partial charge is 0.508 e. The van der Waals surface area contributed by atoms with Gasteiger partial charge in [-0.25, -0.2) is 0 Å². The van der Waals surface area contributed by atoms with Crippen LogP contribution in [0.15, 0.2) is 24.3 Å². The van der Waals surface area contributed by atoms with Gasteiger partial charge in [0.05, 0.1) is 0 Å². The van der Waals surface area contributed by atoms with Crippen LogP contribution in [-0.2, 0) is 0 Å². The smallest absolute Gasteiger partial charge is 0.115 e. The Bertz CT molecular complexity index is 396. The molecule has 3 nitrogen and oxygen atoms in total. The van der Waals surface area contributed by atoms with Crippen LogP contribution in [0.25, 0.3) is 0 Å². The normalized spacial score (nSPS) is 20.8. The fourth-order valence-corrected chi connectivity index (χ4v) is 3.15. The van der Waals surface area contributed by atoms with Gasteiger partial charge >= 0.3 is 0 Å². The van der Waals surface area contributed by atoms with Crippen LogP contribution in [0.5, 0.6) is 5.75 Å². The molecule has 1 fully saturated rings. The van der Waals surface area contributed by atoms with Gasteiger partial charge < -0.3 is 5.11 Å². The molecule has 2 unspecified atom stereocenters. The first-order chi connectivity index (χ1) is 9.65. The zero-order chi connectivity index (χ0) is 14.5. The van der Waals surface area contributed by atoms with E-state index in [1.807, 2.05) is 0 Å². The average molecular weight is 276 g/mol. The van der Waals surface area contributed by atoms with E-state index in [0.29, 0.717) is 17.8 Å². The maximum Gasteiger partial charge on any atom is 0.115 e. The second-order valence-electron chi connectivity index (χ2n) is 5.84. The molecule has 1 aliphatic heterocycles. The van der Waals surface area contributed by atoms with E-state index in [1.165, 1.54) is 25.1 Å². The third-order valence-corrected chi connectivity index (χ3v) is 4.67. The van der Waals surface area contributed by atoms with E-state index in [-0.39, 0.29) is 0 Å². The van der Waals surface area contributed by atoms with Crippen molar-refractivity contribution in [2.45, 2.75) is 45.7 Å². The molecule has 3 heteroatoms. The van der Waals surface area contributed by atoms with Gasteiger partial charge in [0.1, 0.15) is 5.75 Å². The van der Waals surface area contributed by atoms with E-state index in [0.717, 1.165) is 19.5 Å². The molecule has 1 N–H and O–H groups in total. The maximum atomic E-state index is 9.42. The molecule has 0 aliphatic carbocycles. The van der Waals surface area contributed by atoms with Gasteiger partial charge in [-0.2, -0.15) is 0 Å². The monoisotopic (exact) mass is 276 g/mol. The highest BCUT2D eigenvalue weighted by molar-refractivity contribution is 5.28. The molecule has 20 heavy (non-hydrogen) atoms. The molecule has 1 saturated heterocycles. The van der Waals surface area contributed by atoms with Crippen LogP contribution in [0, 0.1) is 0 Å². The topological polar surface area (TPSA) is 26.7 Å². The standard InChI is InChI=1S/C17H28N2O/c1-4-14(3)18-10-12-19(13-11-18)17(5-2)15-6-8-16(20)9-7-15/h6-9,14,17,20H,4-5,10-13H2,1-3H3. The van der Waals surface area contributed by atoms with Crippen molar-refractivity contribution in [2.75, 3.05) is 26.2 Å². The van der Waals surface area contributed by atoms with E-state index in [2.05, 4.69) is 42.7 Å². The van der Waals surface area contributed by atoms with Gasteiger partial charge in [-0.3, -0.25) is 9.80 Å². The Morgan fingerprint density at radius 1 is 0.950 bits per heavy atom. The van der Waals surface area contributed by atoms with Crippen LogP contribution in [0.3, 0.4) is 0 Å². The van der Waals surface area contributed by atoms with Crippen molar-refractivity contribution in [3.8, 4) is 5.75 Å². The van der Waals surface area contributed by atoms with Crippen molar-refractivity contribution in [1.82, 2.24) is 9.80 Å². The predicted octanol–water partition coefficient (Wildman–Crippen LogP) is 3.26. The Morgan fingerprint density at radius 2 is 1.50 bits per heavy atom. The van der Waals surface area contributed by atoms with Crippen molar-refractivity contribution < 1.29 is 5.11 Å². The molecule has 0 spiro atoms. The lowest BCUT2D eigenvalue weighted by Gasteiger charge is -2.41. The Labute approximate surface area is 123 Å². The number of piperazine rings is 1. The number of aromatic hydroxyl groups is 1. The summed E-state index contributed by atoms with van der Waals surface area (Å²) in [7, 11) is 0. The number of phenolic OH excluding ortho intramolecular Hbond substituents is 1. The minimum Gasteiger partial charge on any atom is -0.508 e. The Hall–Kier alpha value is -1.06. The molecule has 0 radical (unpaired) electrons. The molecule has 0 amide bonds. The number of hydrogen-bond donors (Lipinski definition) is 1. The Kier molecular flexibility index (Phi) is 5.44. The number of rotatable bonds is 5. The lowest BCUT2D eigenvalue weighted by atomic mass is 10.0. The molecule has 0 aromatic heterocycles. The van der Waals surface area contributed by atoms with Crippen molar-refractivity contribution in [3.05, 3.63) is 29.8 Å². The van der Waals surface area contributed by atoms with Crippen LogP contribution in [0.1, 0.15) is 45.2 Å². The summed E-state index contributed by atoms with van der Waals surface area (Å²) < 4.78 is 0. The quantitative estimate of drug-likeness (QED) is 0.894. The van der Waals surface area contributed by atoms with Crippen molar-refractivity contribution in [3.63, 3.8) is 0 Å². The summed E-state index contributed by atoms with van der Waals surface area (Å²) in [6.07, 6.45) is 2.35. The summed E-state index contributed by atoms with van der Waals surface area (Å²) in [5, 5.41) is 9.42. The number of nitrogens with zero attached hydrogens (tertiary/aromatic N) is 2. The van der Waals surface area contributed by atoms with Crippen LogP contribution in [0.2, 0.25) is 0 Å². The van der Waals surface area contributed by atoms with Gasteiger partial charge in [-0.1, -0.05) is 26.0 Å². The minimum atomic E-state index is 0.352. The first kappa shape index (κ1) is 15.3. The summed E-state index contributed by atoms with van der Waals surface area (Å²) in [6, 6.07) is 8.90. The summed E-state index contributed by atoms with van der Waals surface area (Å²) in [5.41, 5.74) is 1.32. The fourth-order valence-electron chi connectivity index (χ4n) is 3.15. The summed E-state index contributed by atoms with van der Waals surface area (Å²) in [5.74, 6) is 0.352. The molecule has 1 aliphatic rings. The first-order valence-electron chi connectivity index (χ1n) is 7.92. The van der Waals surface area contributed by atoms with Gasteiger partial charge in [0, 0.05) is 38.3 Å². The fraction of sp³-hybridized carbons (Fsp3) is 0.647. The second kappa shape index (κ2) is 7.09. The zero-order valence-electron chi connectivity index (χ0n) is 13.0. The van der Waals surface area contributed by atoms with E-state index >= 15 is 0 Å². The van der Waals surface area contributed by atoms with Crippen LogP contribution in [0.4, 0.5) is 0 Å². The molecular weight excluding hydrogens is 248 g/mol. The molecule has 112 valence electrons. The highest BCUT2D eigenvalue weighted by atomic mass is 16.3. The van der Waals surface area contributed by atoms with Gasteiger partial charge in [0.2, 0.25) is 0 Å². The van der Waals surface area contributed by atoms with Crippen LogP contribution in [-0.4, -0.2) is 47.1 Å². The van der Waals surface area contributed by atoms with E-state index in [1.54, 1.807) is 12.1 Å².